The van der Waals surface area contributed by atoms with E-state index in [9.17, 15) is 9.59 Å². The highest BCUT2D eigenvalue weighted by Crippen LogP contribution is 2.28. The molecule has 0 aromatic heterocycles. The van der Waals surface area contributed by atoms with Crippen LogP contribution in [0.2, 0.25) is 0 Å². The van der Waals surface area contributed by atoms with Crippen molar-refractivity contribution in [3.05, 3.63) is 0 Å². The molecule has 1 saturated carbocycles. The summed E-state index contributed by atoms with van der Waals surface area (Å²) in [5.74, 6) is 1.01. The van der Waals surface area contributed by atoms with E-state index in [4.69, 9.17) is 4.74 Å². The number of ether oxygens (including phenoxy) is 1. The number of amides is 2. The maximum atomic E-state index is 11.5. The Balaban J connectivity index is 2.18. The van der Waals surface area contributed by atoms with Gasteiger partial charge in [-0.1, -0.05) is 0 Å². The van der Waals surface area contributed by atoms with Gasteiger partial charge in [0.1, 0.15) is 5.60 Å². The Hall–Kier alpha value is -1.99. The van der Waals surface area contributed by atoms with Crippen LogP contribution in [-0.2, 0) is 9.53 Å². The van der Waals surface area contributed by atoms with Crippen molar-refractivity contribution in [1.29, 1.82) is 0 Å². The smallest absolute Gasteiger partial charge is 0.407 e. The summed E-state index contributed by atoms with van der Waals surface area (Å²) in [6, 6.07) is 0. The van der Waals surface area contributed by atoms with Gasteiger partial charge in [0.15, 0.2) is 5.96 Å². The normalized spacial score (nSPS) is 14.8. The van der Waals surface area contributed by atoms with E-state index in [1.54, 1.807) is 0 Å². The molecule has 1 fully saturated rings. The van der Waals surface area contributed by atoms with Crippen molar-refractivity contribution in [2.45, 2.75) is 46.1 Å². The highest BCUT2D eigenvalue weighted by atomic mass is 16.6. The molecule has 138 valence electrons. The maximum Gasteiger partial charge on any atom is 0.407 e. The van der Waals surface area contributed by atoms with E-state index in [1.165, 1.54) is 0 Å². The quantitative estimate of drug-likeness (QED) is 0.294. The second-order valence-electron chi connectivity index (χ2n) is 6.68. The SMILES string of the molecule is CCNC(=NCCNC(=O)C1CC1)NCCNC(=O)OC(C)(C)C. The van der Waals surface area contributed by atoms with E-state index >= 15 is 0 Å². The average molecular weight is 341 g/mol. The van der Waals surface area contributed by atoms with Crippen LogP contribution in [0.15, 0.2) is 4.99 Å². The van der Waals surface area contributed by atoms with E-state index < -0.39 is 11.7 Å². The van der Waals surface area contributed by atoms with Crippen LogP contribution in [0.25, 0.3) is 0 Å². The fourth-order valence-corrected chi connectivity index (χ4v) is 1.84. The number of hydrogen-bond acceptors (Lipinski definition) is 4. The molecule has 0 heterocycles. The van der Waals surface area contributed by atoms with Crippen molar-refractivity contribution in [3.8, 4) is 0 Å². The molecule has 24 heavy (non-hydrogen) atoms. The van der Waals surface area contributed by atoms with Gasteiger partial charge >= 0.3 is 6.09 Å². The minimum atomic E-state index is -0.501. The highest BCUT2D eigenvalue weighted by Gasteiger charge is 2.28. The molecule has 0 aromatic carbocycles. The van der Waals surface area contributed by atoms with Crippen molar-refractivity contribution in [1.82, 2.24) is 21.3 Å². The molecule has 0 saturated heterocycles. The summed E-state index contributed by atoms with van der Waals surface area (Å²) < 4.78 is 5.15. The van der Waals surface area contributed by atoms with Gasteiger partial charge in [0.2, 0.25) is 5.91 Å². The van der Waals surface area contributed by atoms with Crippen molar-refractivity contribution in [2.24, 2.45) is 10.9 Å². The van der Waals surface area contributed by atoms with Crippen molar-refractivity contribution >= 4 is 18.0 Å². The monoisotopic (exact) mass is 341 g/mol. The number of carbonyl (C=O) groups is 2. The molecule has 0 spiro atoms. The standard InChI is InChI=1S/C16H31N5O3/c1-5-17-14(19-9-8-18-13(22)12-6-7-12)20-10-11-21-15(23)24-16(2,3)4/h12H,5-11H2,1-4H3,(H,18,22)(H,21,23)(H2,17,19,20). The Morgan fingerprint density at radius 2 is 1.71 bits per heavy atom. The number of aliphatic imine (C=N–C) groups is 1. The van der Waals surface area contributed by atoms with Crippen LogP contribution in [0.3, 0.4) is 0 Å². The molecule has 1 rings (SSSR count). The van der Waals surface area contributed by atoms with Gasteiger partial charge in [-0.3, -0.25) is 9.79 Å². The molecule has 1 aliphatic carbocycles. The second kappa shape index (κ2) is 10.00. The van der Waals surface area contributed by atoms with Crippen LogP contribution >= 0.6 is 0 Å². The summed E-state index contributed by atoms with van der Waals surface area (Å²) in [5, 5.41) is 11.8. The topological polar surface area (TPSA) is 104 Å². The summed E-state index contributed by atoms with van der Waals surface area (Å²) >= 11 is 0. The number of nitrogens with one attached hydrogen (secondary N) is 4. The highest BCUT2D eigenvalue weighted by molar-refractivity contribution is 5.81. The zero-order chi connectivity index (χ0) is 18.0. The van der Waals surface area contributed by atoms with E-state index in [1.807, 2.05) is 27.7 Å². The average Bonchev–Trinajstić information content (AvgIpc) is 3.30. The van der Waals surface area contributed by atoms with Gasteiger partial charge < -0.3 is 26.0 Å². The number of alkyl carbamates (subject to hydrolysis) is 1. The lowest BCUT2D eigenvalue weighted by atomic mass is 10.2. The maximum absolute atomic E-state index is 11.5. The lowest BCUT2D eigenvalue weighted by Gasteiger charge is -2.19. The van der Waals surface area contributed by atoms with Crippen LogP contribution in [-0.4, -0.2) is 56.3 Å². The molecule has 1 aliphatic rings. The molecule has 8 heteroatoms. The van der Waals surface area contributed by atoms with E-state index in [-0.39, 0.29) is 11.8 Å². The summed E-state index contributed by atoms with van der Waals surface area (Å²) in [7, 11) is 0. The molecule has 0 bridgehead atoms. The van der Waals surface area contributed by atoms with Crippen molar-refractivity contribution in [3.63, 3.8) is 0 Å². The van der Waals surface area contributed by atoms with Crippen LogP contribution in [0.1, 0.15) is 40.5 Å². The molecule has 0 atom stereocenters. The second-order valence-corrected chi connectivity index (χ2v) is 6.68. The summed E-state index contributed by atoms with van der Waals surface area (Å²) in [4.78, 5) is 27.4. The Kier molecular flexibility index (Phi) is 8.35. The molecule has 8 nitrogen and oxygen atoms in total. The fourth-order valence-electron chi connectivity index (χ4n) is 1.84. The molecule has 0 unspecified atom stereocenters. The molecule has 0 aromatic rings. The predicted molar refractivity (Wildman–Crippen MR) is 94.0 cm³/mol. The summed E-state index contributed by atoms with van der Waals surface area (Å²) in [6.07, 6.45) is 1.57. The molecule has 0 aliphatic heterocycles. The van der Waals surface area contributed by atoms with Gasteiger partial charge in [-0.25, -0.2) is 4.79 Å². The van der Waals surface area contributed by atoms with Crippen molar-refractivity contribution in [2.75, 3.05) is 32.7 Å². The minimum Gasteiger partial charge on any atom is -0.444 e. The van der Waals surface area contributed by atoms with E-state index in [0.717, 1.165) is 19.4 Å². The van der Waals surface area contributed by atoms with Gasteiger partial charge in [0.25, 0.3) is 0 Å². The number of nitrogens with zero attached hydrogens (tertiary/aromatic N) is 1. The lowest BCUT2D eigenvalue weighted by Crippen LogP contribution is -2.42. The summed E-state index contributed by atoms with van der Waals surface area (Å²) in [5.41, 5.74) is -0.501. The first-order chi connectivity index (χ1) is 11.3. The molecule has 0 radical (unpaired) electrons. The van der Waals surface area contributed by atoms with Gasteiger partial charge in [-0.2, -0.15) is 0 Å². The zero-order valence-corrected chi connectivity index (χ0v) is 15.2. The minimum absolute atomic E-state index is 0.129. The van der Waals surface area contributed by atoms with E-state index in [2.05, 4.69) is 26.3 Å². The third-order valence-corrected chi connectivity index (χ3v) is 3.06. The van der Waals surface area contributed by atoms with E-state index in [0.29, 0.717) is 32.1 Å². The van der Waals surface area contributed by atoms with Crippen LogP contribution in [0.5, 0.6) is 0 Å². The fraction of sp³-hybridized carbons (Fsp3) is 0.812. The Bertz CT molecular complexity index is 441. The molecular formula is C16H31N5O3. The Morgan fingerprint density at radius 1 is 1.04 bits per heavy atom. The molecule has 4 N–H and O–H groups in total. The third-order valence-electron chi connectivity index (χ3n) is 3.06. The largest absolute Gasteiger partial charge is 0.444 e. The summed E-state index contributed by atoms with van der Waals surface area (Å²) in [6.45, 7) is 10.2. The van der Waals surface area contributed by atoms with Gasteiger partial charge in [-0.15, -0.1) is 0 Å². The Morgan fingerprint density at radius 3 is 2.29 bits per heavy atom. The first-order valence-corrected chi connectivity index (χ1v) is 8.58. The van der Waals surface area contributed by atoms with Crippen molar-refractivity contribution < 1.29 is 14.3 Å². The number of carbonyl (C=O) groups excluding carboxylic acids is 2. The van der Waals surface area contributed by atoms with Gasteiger partial charge in [-0.05, 0) is 40.5 Å². The molecule has 2 amide bonds. The van der Waals surface area contributed by atoms with Gasteiger partial charge in [0, 0.05) is 32.1 Å². The van der Waals surface area contributed by atoms with Crippen LogP contribution in [0.4, 0.5) is 4.79 Å². The van der Waals surface area contributed by atoms with Crippen LogP contribution in [0, 0.1) is 5.92 Å². The Labute approximate surface area is 144 Å². The van der Waals surface area contributed by atoms with Gasteiger partial charge in [0.05, 0.1) is 6.54 Å². The molecular weight excluding hydrogens is 310 g/mol. The van der Waals surface area contributed by atoms with Crippen LogP contribution < -0.4 is 21.3 Å². The third kappa shape index (κ3) is 9.91. The zero-order valence-electron chi connectivity index (χ0n) is 15.2. The lowest BCUT2D eigenvalue weighted by molar-refractivity contribution is -0.122. The first kappa shape index (κ1) is 20.1. The predicted octanol–water partition coefficient (Wildman–Crippen LogP) is 0.592. The number of guanidine groups is 1. The first-order valence-electron chi connectivity index (χ1n) is 8.58. The number of hydrogen-bond donors (Lipinski definition) is 4. The number of rotatable bonds is 8.